The third-order valence-corrected chi connectivity index (χ3v) is 5.65. The number of allylic oxidation sites excluding steroid dienone is 3. The summed E-state index contributed by atoms with van der Waals surface area (Å²) in [6, 6.07) is 31.6. The van der Waals surface area contributed by atoms with Crippen molar-refractivity contribution in [2.45, 2.75) is 6.92 Å². The molecule has 0 amide bonds. The molecule has 31 heavy (non-hydrogen) atoms. The van der Waals surface area contributed by atoms with Crippen LogP contribution in [0.1, 0.15) is 12.7 Å². The van der Waals surface area contributed by atoms with Gasteiger partial charge in [-0.15, -0.1) is 0 Å². The van der Waals surface area contributed by atoms with Crippen LogP contribution in [0.3, 0.4) is 0 Å². The first-order valence-electron chi connectivity index (χ1n) is 10.4. The summed E-state index contributed by atoms with van der Waals surface area (Å²) >= 11 is 0. The predicted octanol–water partition coefficient (Wildman–Crippen LogP) is 7.71. The first-order chi connectivity index (χ1) is 15.3. The molecule has 0 N–H and O–H groups in total. The van der Waals surface area contributed by atoms with Crippen molar-refractivity contribution < 1.29 is 0 Å². The van der Waals surface area contributed by atoms with Crippen LogP contribution in [-0.2, 0) is 0 Å². The SMILES string of the molecule is C=C/C(=C\C)c1nc(-c2cccc3ccccc23)cc(-c2cccc3ccccc23)n1. The van der Waals surface area contributed by atoms with Gasteiger partial charge in [-0.2, -0.15) is 0 Å². The maximum atomic E-state index is 4.95. The molecule has 0 atom stereocenters. The smallest absolute Gasteiger partial charge is 0.160 e. The molecule has 0 aliphatic carbocycles. The van der Waals surface area contributed by atoms with Gasteiger partial charge >= 0.3 is 0 Å². The Kier molecular flexibility index (Phi) is 4.89. The average molecular weight is 399 g/mol. The van der Waals surface area contributed by atoms with Gasteiger partial charge in [-0.3, -0.25) is 0 Å². The van der Waals surface area contributed by atoms with E-state index in [4.69, 9.17) is 9.97 Å². The minimum Gasteiger partial charge on any atom is -0.228 e. The molecule has 2 nitrogen and oxygen atoms in total. The number of nitrogens with zero attached hydrogens (tertiary/aromatic N) is 2. The lowest BCUT2D eigenvalue weighted by atomic mass is 9.98. The van der Waals surface area contributed by atoms with Gasteiger partial charge in [0.2, 0.25) is 0 Å². The molecule has 4 aromatic carbocycles. The third-order valence-electron chi connectivity index (χ3n) is 5.65. The lowest BCUT2D eigenvalue weighted by Gasteiger charge is -2.12. The van der Waals surface area contributed by atoms with Crippen molar-refractivity contribution in [3.8, 4) is 22.5 Å². The Hall–Kier alpha value is -4.04. The maximum absolute atomic E-state index is 4.95. The van der Waals surface area contributed by atoms with E-state index in [9.17, 15) is 0 Å². The maximum Gasteiger partial charge on any atom is 0.160 e. The molecule has 0 radical (unpaired) electrons. The molecule has 0 fully saturated rings. The first-order valence-corrected chi connectivity index (χ1v) is 10.4. The van der Waals surface area contributed by atoms with Crippen LogP contribution in [0, 0.1) is 0 Å². The zero-order valence-electron chi connectivity index (χ0n) is 17.4. The fraction of sp³-hybridized carbons (Fsp3) is 0.0345. The molecule has 0 bridgehead atoms. The van der Waals surface area contributed by atoms with Crippen LogP contribution in [0.2, 0.25) is 0 Å². The minimum absolute atomic E-state index is 0.686. The quantitative estimate of drug-likeness (QED) is 0.290. The summed E-state index contributed by atoms with van der Waals surface area (Å²) in [5, 5.41) is 4.75. The molecule has 1 aromatic heterocycles. The fourth-order valence-corrected chi connectivity index (χ4v) is 4.09. The number of rotatable bonds is 4. The highest BCUT2D eigenvalue weighted by Crippen LogP contribution is 2.33. The van der Waals surface area contributed by atoms with Crippen molar-refractivity contribution in [3.63, 3.8) is 0 Å². The number of hydrogen-bond acceptors (Lipinski definition) is 2. The van der Waals surface area contributed by atoms with E-state index < -0.39 is 0 Å². The Labute approximate surface area is 182 Å². The van der Waals surface area contributed by atoms with Crippen LogP contribution in [0.4, 0.5) is 0 Å². The van der Waals surface area contributed by atoms with E-state index >= 15 is 0 Å². The van der Waals surface area contributed by atoms with Gasteiger partial charge in [0, 0.05) is 16.7 Å². The van der Waals surface area contributed by atoms with E-state index in [-0.39, 0.29) is 0 Å². The van der Waals surface area contributed by atoms with Gasteiger partial charge in [-0.1, -0.05) is 104 Å². The monoisotopic (exact) mass is 398 g/mol. The highest BCUT2D eigenvalue weighted by molar-refractivity contribution is 5.99. The predicted molar refractivity (Wildman–Crippen MR) is 132 cm³/mol. The molecule has 5 aromatic rings. The fourth-order valence-electron chi connectivity index (χ4n) is 4.09. The largest absolute Gasteiger partial charge is 0.228 e. The molecule has 148 valence electrons. The number of hydrogen-bond donors (Lipinski definition) is 0. The summed E-state index contributed by atoms with van der Waals surface area (Å²) in [7, 11) is 0. The molecule has 1 heterocycles. The first kappa shape index (κ1) is 19.0. The Morgan fingerprint density at radius 2 is 1.16 bits per heavy atom. The molecular formula is C29H22N2. The second-order valence-corrected chi connectivity index (χ2v) is 7.46. The minimum atomic E-state index is 0.686. The molecule has 0 saturated carbocycles. The van der Waals surface area contributed by atoms with Crippen molar-refractivity contribution in [3.05, 3.63) is 116 Å². The van der Waals surface area contributed by atoms with Gasteiger partial charge in [-0.25, -0.2) is 9.97 Å². The van der Waals surface area contributed by atoms with Crippen molar-refractivity contribution in [2.75, 3.05) is 0 Å². The van der Waals surface area contributed by atoms with Crippen LogP contribution in [-0.4, -0.2) is 9.97 Å². The summed E-state index contributed by atoms with van der Waals surface area (Å²) in [5.41, 5.74) is 4.94. The van der Waals surface area contributed by atoms with Gasteiger partial charge in [0.25, 0.3) is 0 Å². The average Bonchev–Trinajstić information content (AvgIpc) is 2.84. The molecule has 0 saturated heterocycles. The Balaban J connectivity index is 1.82. The summed E-state index contributed by atoms with van der Waals surface area (Å²) < 4.78 is 0. The lowest BCUT2D eigenvalue weighted by Crippen LogP contribution is -1.99. The standard InChI is InChI=1S/C29H22N2/c1-3-20(4-2)29-30-27(25-17-9-13-21-11-5-7-15-23(21)25)19-28(31-29)26-18-10-14-22-12-6-8-16-24(22)26/h3-19H,1H2,2H3/b20-4+. The number of fused-ring (bicyclic) bond motifs is 2. The Bertz CT molecular complexity index is 1350. The molecule has 2 heteroatoms. The van der Waals surface area contributed by atoms with E-state index in [1.54, 1.807) is 0 Å². The van der Waals surface area contributed by atoms with E-state index in [1.165, 1.54) is 21.5 Å². The highest BCUT2D eigenvalue weighted by atomic mass is 14.9. The topological polar surface area (TPSA) is 25.8 Å². The molecule has 0 aliphatic heterocycles. The summed E-state index contributed by atoms with van der Waals surface area (Å²) in [6.45, 7) is 5.95. The normalized spacial score (nSPS) is 11.7. The summed E-state index contributed by atoms with van der Waals surface area (Å²) in [5.74, 6) is 0.686. The van der Waals surface area contributed by atoms with Crippen molar-refractivity contribution in [1.82, 2.24) is 9.97 Å². The Morgan fingerprint density at radius 1 is 0.677 bits per heavy atom. The van der Waals surface area contributed by atoms with Gasteiger partial charge in [0.15, 0.2) is 5.82 Å². The molecule has 0 aliphatic rings. The van der Waals surface area contributed by atoms with E-state index in [2.05, 4.69) is 97.6 Å². The van der Waals surface area contributed by atoms with Gasteiger partial charge in [-0.05, 0) is 34.5 Å². The molecular weight excluding hydrogens is 376 g/mol. The van der Waals surface area contributed by atoms with Crippen molar-refractivity contribution in [1.29, 1.82) is 0 Å². The van der Waals surface area contributed by atoms with Gasteiger partial charge in [0.1, 0.15) is 0 Å². The number of aromatic nitrogens is 2. The second-order valence-electron chi connectivity index (χ2n) is 7.46. The molecule has 0 spiro atoms. The summed E-state index contributed by atoms with van der Waals surface area (Å²) in [4.78, 5) is 9.90. The van der Waals surface area contributed by atoms with Crippen LogP contribution < -0.4 is 0 Å². The molecule has 0 unspecified atom stereocenters. The molecule has 5 rings (SSSR count). The van der Waals surface area contributed by atoms with Crippen LogP contribution >= 0.6 is 0 Å². The summed E-state index contributed by atoms with van der Waals surface area (Å²) in [6.07, 6.45) is 3.82. The van der Waals surface area contributed by atoms with Crippen LogP contribution in [0.5, 0.6) is 0 Å². The third kappa shape index (κ3) is 3.43. The van der Waals surface area contributed by atoms with Crippen LogP contribution in [0.15, 0.2) is 110 Å². The van der Waals surface area contributed by atoms with Gasteiger partial charge < -0.3 is 0 Å². The lowest BCUT2D eigenvalue weighted by molar-refractivity contribution is 1.13. The zero-order chi connectivity index (χ0) is 21.2. The van der Waals surface area contributed by atoms with Crippen molar-refractivity contribution in [2.24, 2.45) is 0 Å². The van der Waals surface area contributed by atoms with Crippen LogP contribution in [0.25, 0.3) is 49.6 Å². The highest BCUT2D eigenvalue weighted by Gasteiger charge is 2.13. The van der Waals surface area contributed by atoms with Gasteiger partial charge in [0.05, 0.1) is 11.4 Å². The van der Waals surface area contributed by atoms with E-state index in [1.807, 2.05) is 19.1 Å². The number of benzene rings is 4. The Morgan fingerprint density at radius 3 is 1.65 bits per heavy atom. The zero-order valence-corrected chi connectivity index (χ0v) is 17.4. The van der Waals surface area contributed by atoms with Crippen molar-refractivity contribution >= 4 is 27.1 Å². The van der Waals surface area contributed by atoms with E-state index in [0.29, 0.717) is 5.82 Å². The second kappa shape index (κ2) is 8.00. The van der Waals surface area contributed by atoms with E-state index in [0.717, 1.165) is 28.1 Å².